The molecule has 1 aliphatic carbocycles. The summed E-state index contributed by atoms with van der Waals surface area (Å²) in [5.41, 5.74) is 9.57. The highest BCUT2D eigenvalue weighted by molar-refractivity contribution is 7.80. The van der Waals surface area contributed by atoms with Crippen molar-refractivity contribution in [2.45, 2.75) is 57.9 Å². The maximum Gasteiger partial charge on any atom is 0.139 e. The van der Waals surface area contributed by atoms with Gasteiger partial charge >= 0.3 is 0 Å². The van der Waals surface area contributed by atoms with Crippen molar-refractivity contribution in [1.82, 2.24) is 4.98 Å². The predicted octanol–water partition coefficient (Wildman–Crippen LogP) is 2.97. The van der Waals surface area contributed by atoms with Gasteiger partial charge in [0, 0.05) is 18.3 Å². The molecule has 2 N–H and O–H groups in total. The van der Waals surface area contributed by atoms with Gasteiger partial charge in [-0.15, -0.1) is 0 Å². The first kappa shape index (κ1) is 13.8. The van der Waals surface area contributed by atoms with Crippen LogP contribution in [0.4, 0.5) is 5.82 Å². The Labute approximate surface area is 126 Å². The van der Waals surface area contributed by atoms with E-state index < -0.39 is 0 Å². The topological polar surface area (TPSA) is 42.2 Å². The molecule has 1 aliphatic heterocycles. The molecule has 4 heteroatoms. The van der Waals surface area contributed by atoms with E-state index in [0.29, 0.717) is 11.0 Å². The van der Waals surface area contributed by atoms with Crippen molar-refractivity contribution in [3.8, 4) is 0 Å². The molecule has 20 heavy (non-hydrogen) atoms. The van der Waals surface area contributed by atoms with Gasteiger partial charge in [0.2, 0.25) is 0 Å². The second kappa shape index (κ2) is 5.68. The van der Waals surface area contributed by atoms with E-state index in [1.54, 1.807) is 0 Å². The molecule has 1 aromatic heterocycles. The first-order valence-corrected chi connectivity index (χ1v) is 8.20. The molecule has 1 unspecified atom stereocenters. The molecule has 2 heterocycles. The molecule has 0 amide bonds. The first-order valence-electron chi connectivity index (χ1n) is 7.80. The second-order valence-electron chi connectivity index (χ2n) is 5.93. The Hall–Kier alpha value is -1.16. The van der Waals surface area contributed by atoms with Crippen molar-refractivity contribution in [2.75, 3.05) is 11.4 Å². The highest BCUT2D eigenvalue weighted by Crippen LogP contribution is 2.31. The maximum atomic E-state index is 5.97. The number of anilines is 1. The van der Waals surface area contributed by atoms with Crippen LogP contribution in [0.3, 0.4) is 0 Å². The number of nitrogens with zero attached hydrogens (tertiary/aromatic N) is 2. The summed E-state index contributed by atoms with van der Waals surface area (Å²) in [6, 6.07) is 2.79. The second-order valence-corrected chi connectivity index (χ2v) is 6.37. The van der Waals surface area contributed by atoms with Crippen LogP contribution >= 0.6 is 12.2 Å². The third kappa shape index (κ3) is 2.41. The van der Waals surface area contributed by atoms with E-state index in [1.807, 2.05) is 0 Å². The lowest BCUT2D eigenvalue weighted by Crippen LogP contribution is -2.41. The molecule has 0 bridgehead atoms. The molecule has 0 radical (unpaired) electrons. The summed E-state index contributed by atoms with van der Waals surface area (Å²) in [6.45, 7) is 3.34. The van der Waals surface area contributed by atoms with Crippen LogP contribution in [0, 0.1) is 0 Å². The lowest BCUT2D eigenvalue weighted by Gasteiger charge is -2.37. The average molecular weight is 289 g/mol. The molecule has 1 saturated heterocycles. The van der Waals surface area contributed by atoms with Crippen molar-refractivity contribution in [3.05, 3.63) is 22.9 Å². The van der Waals surface area contributed by atoms with E-state index in [0.717, 1.165) is 37.2 Å². The number of aromatic nitrogens is 1. The Morgan fingerprint density at radius 1 is 1.40 bits per heavy atom. The Balaban J connectivity index is 2.04. The average Bonchev–Trinajstić information content (AvgIpc) is 2.93. The molecule has 3 rings (SSSR count). The largest absolute Gasteiger partial charge is 0.389 e. The minimum Gasteiger partial charge on any atom is -0.389 e. The Bertz CT molecular complexity index is 527. The number of pyridine rings is 1. The fourth-order valence-corrected chi connectivity index (χ4v) is 3.72. The number of fused-ring (bicyclic) bond motifs is 1. The molecule has 0 aromatic carbocycles. The molecular weight excluding hydrogens is 266 g/mol. The zero-order valence-electron chi connectivity index (χ0n) is 12.2. The number of aryl methyl sites for hydroxylation is 2. The number of thiocarbonyl (C=S) groups is 1. The van der Waals surface area contributed by atoms with Gasteiger partial charge in [0.15, 0.2) is 0 Å². The summed E-state index contributed by atoms with van der Waals surface area (Å²) in [5, 5.41) is 0. The third-order valence-electron chi connectivity index (χ3n) is 4.67. The smallest absolute Gasteiger partial charge is 0.139 e. The first-order chi connectivity index (χ1) is 9.70. The van der Waals surface area contributed by atoms with Crippen molar-refractivity contribution in [2.24, 2.45) is 5.73 Å². The molecule has 1 fully saturated rings. The Kier molecular flexibility index (Phi) is 3.92. The van der Waals surface area contributed by atoms with E-state index in [-0.39, 0.29) is 0 Å². The van der Waals surface area contributed by atoms with Gasteiger partial charge in [0.1, 0.15) is 10.8 Å². The van der Waals surface area contributed by atoms with E-state index in [4.69, 9.17) is 22.9 Å². The summed E-state index contributed by atoms with van der Waals surface area (Å²) in [5.74, 6) is 1.05. The number of nitrogens with two attached hydrogens (primary N) is 1. The summed E-state index contributed by atoms with van der Waals surface area (Å²) in [4.78, 5) is 7.90. The van der Waals surface area contributed by atoms with Gasteiger partial charge in [0.25, 0.3) is 0 Å². The van der Waals surface area contributed by atoms with Gasteiger partial charge in [-0.2, -0.15) is 0 Å². The lowest BCUT2D eigenvalue weighted by atomic mass is 9.99. The van der Waals surface area contributed by atoms with Gasteiger partial charge in [-0.25, -0.2) is 4.98 Å². The summed E-state index contributed by atoms with van der Waals surface area (Å²) < 4.78 is 0. The van der Waals surface area contributed by atoms with Crippen molar-refractivity contribution in [3.63, 3.8) is 0 Å². The van der Waals surface area contributed by atoms with Gasteiger partial charge < -0.3 is 10.6 Å². The molecule has 2 aliphatic rings. The molecule has 1 aromatic rings. The number of hydrogen-bond acceptors (Lipinski definition) is 3. The van der Waals surface area contributed by atoms with Gasteiger partial charge in [-0.1, -0.05) is 19.1 Å². The minimum absolute atomic E-state index is 0.489. The van der Waals surface area contributed by atoms with Crippen LogP contribution in [0.1, 0.15) is 55.8 Å². The van der Waals surface area contributed by atoms with E-state index in [2.05, 4.69) is 17.9 Å². The van der Waals surface area contributed by atoms with Crippen LogP contribution in [0.2, 0.25) is 0 Å². The van der Waals surface area contributed by atoms with Crippen LogP contribution in [0.15, 0.2) is 6.07 Å². The van der Waals surface area contributed by atoms with Crippen LogP contribution < -0.4 is 10.6 Å². The fraction of sp³-hybridized carbons (Fsp3) is 0.625. The Morgan fingerprint density at radius 2 is 2.25 bits per heavy atom. The molecule has 3 nitrogen and oxygen atoms in total. The molecule has 1 atom stereocenters. The Morgan fingerprint density at radius 3 is 3.00 bits per heavy atom. The molecule has 0 spiro atoms. The van der Waals surface area contributed by atoms with Crippen LogP contribution in [-0.4, -0.2) is 22.6 Å². The molecule has 108 valence electrons. The van der Waals surface area contributed by atoms with E-state index in [1.165, 1.54) is 36.9 Å². The van der Waals surface area contributed by atoms with Crippen LogP contribution in [-0.2, 0) is 12.8 Å². The third-order valence-corrected chi connectivity index (χ3v) is 4.89. The quantitative estimate of drug-likeness (QED) is 0.869. The lowest BCUT2D eigenvalue weighted by molar-refractivity contribution is 0.446. The van der Waals surface area contributed by atoms with Crippen molar-refractivity contribution in [1.29, 1.82) is 0 Å². The summed E-state index contributed by atoms with van der Waals surface area (Å²) in [7, 11) is 0. The SMILES string of the molecule is CCC1CCCCN1c1nc2c(cc1C(N)=S)CCC2. The molecular formula is C16H23N3S. The molecule has 0 saturated carbocycles. The fourth-order valence-electron chi connectivity index (χ4n) is 3.57. The summed E-state index contributed by atoms with van der Waals surface area (Å²) >= 11 is 5.28. The monoisotopic (exact) mass is 289 g/mol. The number of piperidine rings is 1. The van der Waals surface area contributed by atoms with E-state index in [9.17, 15) is 0 Å². The minimum atomic E-state index is 0.489. The van der Waals surface area contributed by atoms with Crippen LogP contribution in [0.25, 0.3) is 0 Å². The van der Waals surface area contributed by atoms with Crippen LogP contribution in [0.5, 0.6) is 0 Å². The van der Waals surface area contributed by atoms with Gasteiger partial charge in [-0.3, -0.25) is 0 Å². The van der Waals surface area contributed by atoms with Gasteiger partial charge in [-0.05, 0) is 56.6 Å². The maximum absolute atomic E-state index is 5.97. The zero-order valence-corrected chi connectivity index (χ0v) is 13.0. The van der Waals surface area contributed by atoms with E-state index >= 15 is 0 Å². The van der Waals surface area contributed by atoms with Crippen molar-refractivity contribution < 1.29 is 0 Å². The standard InChI is InChI=1S/C16H23N3S/c1-2-12-7-3-4-9-19(12)16-13(15(17)20)10-11-6-5-8-14(11)18-16/h10,12H,2-9H2,1H3,(H2,17,20). The zero-order chi connectivity index (χ0) is 14.1. The van der Waals surface area contributed by atoms with Crippen molar-refractivity contribution >= 4 is 23.0 Å². The highest BCUT2D eigenvalue weighted by Gasteiger charge is 2.27. The predicted molar refractivity (Wildman–Crippen MR) is 87.4 cm³/mol. The normalized spacial score (nSPS) is 21.9. The van der Waals surface area contributed by atoms with Gasteiger partial charge in [0.05, 0.1) is 5.56 Å². The number of hydrogen-bond donors (Lipinski definition) is 1. The highest BCUT2D eigenvalue weighted by atomic mass is 32.1. The summed E-state index contributed by atoms with van der Waals surface area (Å²) in [6.07, 6.45) is 8.41. The number of rotatable bonds is 3.